The van der Waals surface area contributed by atoms with Gasteiger partial charge in [-0.15, -0.1) is 11.8 Å². The number of hydrogen-bond donors (Lipinski definition) is 0. The second-order valence-corrected chi connectivity index (χ2v) is 7.59. The van der Waals surface area contributed by atoms with Crippen LogP contribution in [0, 0.1) is 0 Å². The average molecular weight is 355 g/mol. The standard InChI is InChI=1S/C21H26N2OS/c1-2-12-23(20-10-9-18-7-3-4-8-19(18)13-20)21(24)16-25-15-17-6-5-11-22-14-17/h3-8,11,14,20H,2,9-10,12-13,15-16H2,1H3. The van der Waals surface area contributed by atoms with Crippen LogP contribution in [0.4, 0.5) is 0 Å². The van der Waals surface area contributed by atoms with Crippen LogP contribution in [-0.2, 0) is 23.4 Å². The Morgan fingerprint density at radius 3 is 2.84 bits per heavy atom. The molecule has 132 valence electrons. The monoisotopic (exact) mass is 354 g/mol. The number of aromatic nitrogens is 1. The minimum atomic E-state index is 0.278. The molecule has 0 saturated heterocycles. The van der Waals surface area contributed by atoms with Crippen LogP contribution in [0.1, 0.15) is 36.5 Å². The number of fused-ring (bicyclic) bond motifs is 1. The van der Waals surface area contributed by atoms with Crippen LogP contribution in [-0.4, -0.2) is 34.1 Å². The molecule has 0 aliphatic heterocycles. The van der Waals surface area contributed by atoms with E-state index in [0.29, 0.717) is 11.8 Å². The van der Waals surface area contributed by atoms with Crippen LogP contribution in [0.5, 0.6) is 0 Å². The fraction of sp³-hybridized carbons (Fsp3) is 0.429. The largest absolute Gasteiger partial charge is 0.339 e. The van der Waals surface area contributed by atoms with Gasteiger partial charge in [-0.1, -0.05) is 37.3 Å². The zero-order valence-electron chi connectivity index (χ0n) is 14.9. The Kier molecular flexibility index (Phi) is 6.51. The summed E-state index contributed by atoms with van der Waals surface area (Å²) in [7, 11) is 0. The zero-order chi connectivity index (χ0) is 17.5. The molecule has 3 rings (SSSR count). The van der Waals surface area contributed by atoms with E-state index >= 15 is 0 Å². The van der Waals surface area contributed by atoms with Crippen molar-refractivity contribution in [1.29, 1.82) is 0 Å². The number of benzene rings is 1. The van der Waals surface area contributed by atoms with E-state index in [-0.39, 0.29) is 5.91 Å². The van der Waals surface area contributed by atoms with E-state index in [0.717, 1.165) is 38.0 Å². The molecule has 3 nitrogen and oxygen atoms in total. The maximum Gasteiger partial charge on any atom is 0.232 e. The van der Waals surface area contributed by atoms with Crippen molar-refractivity contribution in [2.45, 2.75) is 44.4 Å². The van der Waals surface area contributed by atoms with Crippen molar-refractivity contribution in [3.8, 4) is 0 Å². The summed E-state index contributed by atoms with van der Waals surface area (Å²) in [6.45, 7) is 3.01. The van der Waals surface area contributed by atoms with Crippen molar-refractivity contribution in [2.75, 3.05) is 12.3 Å². The number of nitrogens with zero attached hydrogens (tertiary/aromatic N) is 2. The van der Waals surface area contributed by atoms with Crippen molar-refractivity contribution >= 4 is 17.7 Å². The molecule has 0 N–H and O–H groups in total. The van der Waals surface area contributed by atoms with Crippen LogP contribution < -0.4 is 0 Å². The predicted molar refractivity (Wildman–Crippen MR) is 105 cm³/mol. The van der Waals surface area contributed by atoms with Crippen molar-refractivity contribution in [3.05, 3.63) is 65.5 Å². The van der Waals surface area contributed by atoms with Gasteiger partial charge >= 0.3 is 0 Å². The molecule has 1 aliphatic carbocycles. The molecule has 1 unspecified atom stereocenters. The average Bonchev–Trinajstić information content (AvgIpc) is 2.66. The number of thioether (sulfide) groups is 1. The summed E-state index contributed by atoms with van der Waals surface area (Å²) in [4.78, 5) is 19.1. The second kappa shape index (κ2) is 9.04. The number of pyridine rings is 1. The highest BCUT2D eigenvalue weighted by atomic mass is 32.2. The number of rotatable bonds is 7. The Morgan fingerprint density at radius 2 is 2.08 bits per heavy atom. The van der Waals surface area contributed by atoms with Gasteiger partial charge < -0.3 is 4.90 Å². The smallest absolute Gasteiger partial charge is 0.232 e. The van der Waals surface area contributed by atoms with Gasteiger partial charge in [0.15, 0.2) is 0 Å². The van der Waals surface area contributed by atoms with Crippen LogP contribution in [0.15, 0.2) is 48.8 Å². The van der Waals surface area contributed by atoms with Crippen LogP contribution in [0.2, 0.25) is 0 Å². The molecule has 0 fully saturated rings. The van der Waals surface area contributed by atoms with Gasteiger partial charge in [-0.25, -0.2) is 0 Å². The van der Waals surface area contributed by atoms with Gasteiger partial charge in [-0.3, -0.25) is 9.78 Å². The molecular formula is C21H26N2OS. The lowest BCUT2D eigenvalue weighted by Gasteiger charge is -2.35. The molecule has 0 radical (unpaired) electrons. The summed E-state index contributed by atoms with van der Waals surface area (Å²) in [6.07, 6.45) is 7.82. The first-order valence-electron chi connectivity index (χ1n) is 9.11. The van der Waals surface area contributed by atoms with Crippen molar-refractivity contribution in [2.24, 2.45) is 0 Å². The molecule has 1 heterocycles. The molecule has 4 heteroatoms. The van der Waals surface area contributed by atoms with Gasteiger partial charge in [0.05, 0.1) is 5.75 Å². The first-order chi connectivity index (χ1) is 12.3. The third kappa shape index (κ3) is 4.85. The van der Waals surface area contributed by atoms with Gasteiger partial charge in [0.25, 0.3) is 0 Å². The van der Waals surface area contributed by atoms with Crippen molar-refractivity contribution < 1.29 is 4.79 Å². The van der Waals surface area contributed by atoms with E-state index in [4.69, 9.17) is 0 Å². The number of amides is 1. The van der Waals surface area contributed by atoms with E-state index < -0.39 is 0 Å². The number of hydrogen-bond acceptors (Lipinski definition) is 3. The van der Waals surface area contributed by atoms with Gasteiger partial charge in [0.2, 0.25) is 5.91 Å². The Bertz CT molecular complexity index is 689. The Balaban J connectivity index is 1.58. The Labute approximate surface area is 154 Å². The molecule has 1 aromatic heterocycles. The predicted octanol–water partition coefficient (Wildman–Crippen LogP) is 4.11. The first kappa shape index (κ1) is 18.0. The normalized spacial score (nSPS) is 16.3. The minimum Gasteiger partial charge on any atom is -0.339 e. The highest BCUT2D eigenvalue weighted by Crippen LogP contribution is 2.25. The summed E-state index contributed by atoms with van der Waals surface area (Å²) in [5.74, 6) is 1.67. The van der Waals surface area contributed by atoms with Gasteiger partial charge in [-0.05, 0) is 48.4 Å². The number of carbonyl (C=O) groups excluding carboxylic acids is 1. The van der Waals surface area contributed by atoms with Crippen LogP contribution in [0.25, 0.3) is 0 Å². The third-order valence-electron chi connectivity index (χ3n) is 4.76. The quantitative estimate of drug-likeness (QED) is 0.750. The summed E-state index contributed by atoms with van der Waals surface area (Å²) >= 11 is 1.69. The molecule has 0 bridgehead atoms. The van der Waals surface area contributed by atoms with Gasteiger partial charge in [0, 0.05) is 30.7 Å². The lowest BCUT2D eigenvalue weighted by Crippen LogP contribution is -2.44. The molecule has 1 aliphatic rings. The van der Waals surface area contributed by atoms with Crippen molar-refractivity contribution in [3.63, 3.8) is 0 Å². The maximum atomic E-state index is 12.8. The number of carbonyl (C=O) groups is 1. The third-order valence-corrected chi connectivity index (χ3v) is 5.75. The molecule has 2 aromatic rings. The van der Waals surface area contributed by atoms with E-state index in [2.05, 4.69) is 47.1 Å². The van der Waals surface area contributed by atoms with Crippen LogP contribution >= 0.6 is 11.8 Å². The molecule has 0 saturated carbocycles. The lowest BCUT2D eigenvalue weighted by atomic mass is 9.87. The lowest BCUT2D eigenvalue weighted by molar-refractivity contribution is -0.130. The molecular weight excluding hydrogens is 328 g/mol. The van der Waals surface area contributed by atoms with Gasteiger partial charge in [0.1, 0.15) is 0 Å². The SMILES string of the molecule is CCCN(C(=O)CSCc1cccnc1)C1CCc2ccccc2C1. The molecule has 0 spiro atoms. The van der Waals surface area contributed by atoms with Crippen molar-refractivity contribution in [1.82, 2.24) is 9.88 Å². The Morgan fingerprint density at radius 1 is 1.24 bits per heavy atom. The summed E-state index contributed by atoms with van der Waals surface area (Å²) in [5.41, 5.74) is 4.04. The highest BCUT2D eigenvalue weighted by molar-refractivity contribution is 7.99. The molecule has 1 atom stereocenters. The second-order valence-electron chi connectivity index (χ2n) is 6.61. The first-order valence-corrected chi connectivity index (χ1v) is 10.3. The fourth-order valence-corrected chi connectivity index (χ4v) is 4.37. The molecule has 1 amide bonds. The minimum absolute atomic E-state index is 0.278. The highest BCUT2D eigenvalue weighted by Gasteiger charge is 2.26. The molecule has 25 heavy (non-hydrogen) atoms. The molecule has 1 aromatic carbocycles. The van der Waals surface area contributed by atoms with E-state index in [1.807, 2.05) is 12.3 Å². The summed E-state index contributed by atoms with van der Waals surface area (Å²) < 4.78 is 0. The van der Waals surface area contributed by atoms with E-state index in [9.17, 15) is 4.79 Å². The summed E-state index contributed by atoms with van der Waals surface area (Å²) in [6, 6.07) is 13.0. The Hall–Kier alpha value is -1.81. The topological polar surface area (TPSA) is 33.2 Å². The fourth-order valence-electron chi connectivity index (χ4n) is 3.52. The summed E-state index contributed by atoms with van der Waals surface area (Å²) in [5, 5.41) is 0. The van der Waals surface area contributed by atoms with Crippen LogP contribution in [0.3, 0.4) is 0 Å². The maximum absolute atomic E-state index is 12.8. The number of aryl methyl sites for hydroxylation is 1. The zero-order valence-corrected chi connectivity index (χ0v) is 15.7. The van der Waals surface area contributed by atoms with E-state index in [1.54, 1.807) is 18.0 Å². The van der Waals surface area contributed by atoms with Gasteiger partial charge in [-0.2, -0.15) is 0 Å². The van der Waals surface area contributed by atoms with E-state index in [1.165, 1.54) is 16.7 Å².